The summed E-state index contributed by atoms with van der Waals surface area (Å²) < 4.78 is 29.7. The molecule has 0 bridgehead atoms. The van der Waals surface area contributed by atoms with Crippen LogP contribution in [0.15, 0.2) is 16.5 Å². The van der Waals surface area contributed by atoms with Crippen molar-refractivity contribution in [3.63, 3.8) is 0 Å². The van der Waals surface area contributed by atoms with Gasteiger partial charge in [0.15, 0.2) is 11.5 Å². The molecule has 2 N–H and O–H groups in total. The van der Waals surface area contributed by atoms with Crippen molar-refractivity contribution in [2.75, 3.05) is 19.6 Å². The molecule has 1 saturated heterocycles. The van der Waals surface area contributed by atoms with Gasteiger partial charge in [-0.2, -0.15) is 0 Å². The zero-order valence-electron chi connectivity index (χ0n) is 15.3. The maximum atomic E-state index is 12.5. The Morgan fingerprint density at radius 3 is 2.50 bits per heavy atom. The number of furan rings is 1. The van der Waals surface area contributed by atoms with E-state index in [0.717, 1.165) is 18.6 Å². The van der Waals surface area contributed by atoms with E-state index in [0.29, 0.717) is 18.3 Å². The van der Waals surface area contributed by atoms with Crippen molar-refractivity contribution in [3.05, 3.63) is 23.7 Å². The lowest BCUT2D eigenvalue weighted by Crippen LogP contribution is -2.67. The first-order valence-electron chi connectivity index (χ1n) is 8.81. The number of carbonyl (C=O) groups excluding carboxylic acids is 2. The average Bonchev–Trinajstić information content (AvgIpc) is 3.04. The molecule has 1 aromatic heterocycles. The molecule has 0 saturated carbocycles. The van der Waals surface area contributed by atoms with Gasteiger partial charge >= 0.3 is 0 Å². The number of β-amino-alcohol motifs (C(OH)–C–C–N with tert-alkyl or cyclic N) is 1. The molecule has 2 heterocycles. The molecule has 1 unspecified atom stereocenters. The van der Waals surface area contributed by atoms with Gasteiger partial charge < -0.3 is 19.7 Å². The first kappa shape index (κ1) is 20.4. The summed E-state index contributed by atoms with van der Waals surface area (Å²) in [5.74, 6) is -0.785. The van der Waals surface area contributed by atoms with Crippen LogP contribution in [0.4, 0.5) is 8.78 Å². The summed E-state index contributed by atoms with van der Waals surface area (Å²) in [4.78, 5) is 25.7. The Hall–Kier alpha value is -1.96. The topological polar surface area (TPSA) is 82.8 Å². The molecule has 26 heavy (non-hydrogen) atoms. The van der Waals surface area contributed by atoms with Crippen LogP contribution in [0, 0.1) is 11.8 Å². The predicted octanol–water partition coefficient (Wildman–Crippen LogP) is 2.59. The Labute approximate surface area is 151 Å². The first-order valence-corrected chi connectivity index (χ1v) is 8.81. The molecule has 6 nitrogen and oxygen atoms in total. The molecule has 1 aliphatic rings. The second kappa shape index (κ2) is 8.16. The molecule has 1 aromatic rings. The van der Waals surface area contributed by atoms with Crippen LogP contribution in [-0.2, 0) is 4.79 Å². The quantitative estimate of drug-likeness (QED) is 0.735. The van der Waals surface area contributed by atoms with Gasteiger partial charge in [-0.1, -0.05) is 27.2 Å². The van der Waals surface area contributed by atoms with E-state index in [-0.39, 0.29) is 31.3 Å². The molecule has 1 aliphatic heterocycles. The minimum atomic E-state index is -2.79. The first-order chi connectivity index (χ1) is 12.1. The molecule has 8 heteroatoms. The number of hydrogen-bond acceptors (Lipinski definition) is 4. The van der Waals surface area contributed by atoms with E-state index in [1.165, 1.54) is 0 Å². The van der Waals surface area contributed by atoms with Gasteiger partial charge in [0.25, 0.3) is 12.3 Å². The number of nitrogens with zero attached hydrogens (tertiary/aromatic N) is 1. The molecule has 0 aliphatic carbocycles. The van der Waals surface area contributed by atoms with Gasteiger partial charge in [0.2, 0.25) is 5.91 Å². The molecular formula is C18H26F2N2O4. The van der Waals surface area contributed by atoms with Gasteiger partial charge in [-0.25, -0.2) is 8.78 Å². The van der Waals surface area contributed by atoms with Crippen LogP contribution in [0.2, 0.25) is 0 Å². The lowest BCUT2D eigenvalue weighted by Gasteiger charge is -2.46. The fraction of sp³-hybridized carbons (Fsp3) is 0.667. The van der Waals surface area contributed by atoms with Crippen LogP contribution in [0.5, 0.6) is 0 Å². The minimum absolute atomic E-state index is 0.00541. The van der Waals surface area contributed by atoms with E-state index < -0.39 is 23.7 Å². The summed E-state index contributed by atoms with van der Waals surface area (Å²) in [5.41, 5.74) is -1.21. The third-order valence-corrected chi connectivity index (χ3v) is 4.87. The van der Waals surface area contributed by atoms with E-state index in [1.54, 1.807) is 4.90 Å². The zero-order valence-corrected chi connectivity index (χ0v) is 15.3. The van der Waals surface area contributed by atoms with Crippen molar-refractivity contribution in [1.29, 1.82) is 0 Å². The third-order valence-electron chi connectivity index (χ3n) is 4.87. The number of hydrogen-bond donors (Lipinski definition) is 2. The Morgan fingerprint density at radius 1 is 1.35 bits per heavy atom. The minimum Gasteiger partial charge on any atom is -0.450 e. The Kier molecular flexibility index (Phi) is 6.39. The molecule has 146 valence electrons. The van der Waals surface area contributed by atoms with Gasteiger partial charge in [-0.15, -0.1) is 0 Å². The second-order valence-corrected chi connectivity index (χ2v) is 7.28. The Morgan fingerprint density at radius 2 is 2.00 bits per heavy atom. The summed E-state index contributed by atoms with van der Waals surface area (Å²) >= 11 is 0. The fourth-order valence-corrected chi connectivity index (χ4v) is 3.08. The van der Waals surface area contributed by atoms with E-state index in [2.05, 4.69) is 19.2 Å². The van der Waals surface area contributed by atoms with E-state index in [1.807, 2.05) is 6.92 Å². The lowest BCUT2D eigenvalue weighted by atomic mass is 9.87. The Bertz CT molecular complexity index is 639. The molecule has 0 spiro atoms. The lowest BCUT2D eigenvalue weighted by molar-refractivity contribution is -0.155. The number of amides is 2. The fourth-order valence-electron chi connectivity index (χ4n) is 3.08. The summed E-state index contributed by atoms with van der Waals surface area (Å²) in [6.45, 7) is 6.41. The number of carbonyl (C=O) groups is 2. The number of halogens is 2. The van der Waals surface area contributed by atoms with Crippen LogP contribution in [0.3, 0.4) is 0 Å². The van der Waals surface area contributed by atoms with Crippen LogP contribution in [0.25, 0.3) is 0 Å². The molecule has 1 fully saturated rings. The van der Waals surface area contributed by atoms with Crippen molar-refractivity contribution in [3.8, 4) is 0 Å². The summed E-state index contributed by atoms with van der Waals surface area (Å²) in [6.07, 6.45) is -1.43. The Balaban J connectivity index is 1.79. The van der Waals surface area contributed by atoms with Crippen LogP contribution >= 0.6 is 0 Å². The van der Waals surface area contributed by atoms with Gasteiger partial charge in [0.1, 0.15) is 5.60 Å². The SMILES string of the molecule is CCC(CC(=O)N1CC(O)(CNC(=O)c2ccc(C(F)F)o2)C1)C(C)C. The van der Waals surface area contributed by atoms with Crippen LogP contribution < -0.4 is 5.32 Å². The van der Waals surface area contributed by atoms with Gasteiger partial charge in [0.05, 0.1) is 19.6 Å². The second-order valence-electron chi connectivity index (χ2n) is 7.28. The standard InChI is InChI=1S/C18H26F2N2O4/c1-4-12(11(2)3)7-15(23)22-9-18(25,10-22)8-21-17(24)14-6-5-13(26-14)16(19)20/h5-6,11-12,16,25H,4,7-10H2,1-3H3,(H,21,24). The van der Waals surface area contributed by atoms with Gasteiger partial charge in [0, 0.05) is 6.42 Å². The smallest absolute Gasteiger partial charge is 0.295 e. The van der Waals surface area contributed by atoms with Crippen molar-refractivity contribution in [1.82, 2.24) is 10.2 Å². The third kappa shape index (κ3) is 4.81. The maximum absolute atomic E-state index is 12.5. The van der Waals surface area contributed by atoms with Crippen molar-refractivity contribution in [2.24, 2.45) is 11.8 Å². The molecule has 0 aromatic carbocycles. The predicted molar refractivity (Wildman–Crippen MR) is 90.8 cm³/mol. The van der Waals surface area contributed by atoms with Crippen molar-refractivity contribution >= 4 is 11.8 Å². The van der Waals surface area contributed by atoms with Gasteiger partial charge in [-0.05, 0) is 24.0 Å². The average molecular weight is 372 g/mol. The highest BCUT2D eigenvalue weighted by Gasteiger charge is 2.44. The van der Waals surface area contributed by atoms with Crippen molar-refractivity contribution < 1.29 is 27.9 Å². The van der Waals surface area contributed by atoms with Crippen LogP contribution in [-0.4, -0.2) is 47.1 Å². The molecule has 2 rings (SSSR count). The largest absolute Gasteiger partial charge is 0.450 e. The summed E-state index contributed by atoms with van der Waals surface area (Å²) in [5, 5.41) is 12.8. The highest BCUT2D eigenvalue weighted by atomic mass is 19.3. The van der Waals surface area contributed by atoms with E-state index in [4.69, 9.17) is 4.42 Å². The summed E-state index contributed by atoms with van der Waals surface area (Å²) in [6, 6.07) is 2.20. The van der Waals surface area contributed by atoms with Crippen LogP contribution in [0.1, 0.15) is 56.4 Å². The van der Waals surface area contributed by atoms with Crippen molar-refractivity contribution in [2.45, 2.75) is 45.6 Å². The van der Waals surface area contributed by atoms with Gasteiger partial charge in [-0.3, -0.25) is 9.59 Å². The maximum Gasteiger partial charge on any atom is 0.295 e. The number of nitrogens with one attached hydrogen (secondary N) is 1. The van der Waals surface area contributed by atoms with E-state index in [9.17, 15) is 23.5 Å². The summed E-state index contributed by atoms with van der Waals surface area (Å²) in [7, 11) is 0. The molecule has 0 radical (unpaired) electrons. The monoisotopic (exact) mass is 372 g/mol. The normalized spacial score (nSPS) is 17.3. The number of likely N-dealkylation sites (tertiary alicyclic amines) is 1. The van der Waals surface area contributed by atoms with E-state index >= 15 is 0 Å². The highest BCUT2D eigenvalue weighted by molar-refractivity contribution is 5.91. The molecular weight excluding hydrogens is 346 g/mol. The number of alkyl halides is 2. The number of rotatable bonds is 8. The molecule has 2 amide bonds. The molecule has 1 atom stereocenters. The highest BCUT2D eigenvalue weighted by Crippen LogP contribution is 2.26. The zero-order chi connectivity index (χ0) is 19.5. The number of aliphatic hydroxyl groups is 1.